The molecule has 1 fully saturated rings. The lowest BCUT2D eigenvalue weighted by atomic mass is 10.0. The minimum Gasteiger partial charge on any atom is -0.497 e. The molecule has 1 aromatic rings. The minimum absolute atomic E-state index is 0.125. The van der Waals surface area contributed by atoms with Crippen molar-refractivity contribution in [3.8, 4) is 5.75 Å². The second-order valence-corrected chi connectivity index (χ2v) is 6.17. The van der Waals surface area contributed by atoms with E-state index in [0.29, 0.717) is 36.7 Å². The van der Waals surface area contributed by atoms with E-state index in [4.69, 9.17) is 9.84 Å². The van der Waals surface area contributed by atoms with Crippen LogP contribution in [0.2, 0.25) is 0 Å². The van der Waals surface area contributed by atoms with Gasteiger partial charge in [0.15, 0.2) is 0 Å². The molecule has 7 nitrogen and oxygen atoms in total. The number of piperazine rings is 1. The molecule has 0 saturated carbocycles. The van der Waals surface area contributed by atoms with Crippen molar-refractivity contribution in [2.45, 2.75) is 0 Å². The Kier molecular flexibility index (Phi) is 5.06. The summed E-state index contributed by atoms with van der Waals surface area (Å²) in [4.78, 5) is 30.6. The summed E-state index contributed by atoms with van der Waals surface area (Å²) in [7, 11) is 3.10. The first kappa shape index (κ1) is 17.4. The first-order chi connectivity index (χ1) is 12.1. The van der Waals surface area contributed by atoms with Crippen molar-refractivity contribution < 1.29 is 19.4 Å². The Bertz CT molecular complexity index is 691. The Morgan fingerprint density at radius 3 is 2.24 bits per heavy atom. The summed E-state index contributed by atoms with van der Waals surface area (Å²) in [6.07, 6.45) is 0. The molecule has 25 heavy (non-hydrogen) atoms. The summed E-state index contributed by atoms with van der Waals surface area (Å²) in [5.74, 6) is 0.169. The first-order valence-corrected chi connectivity index (χ1v) is 8.36. The summed E-state index contributed by atoms with van der Waals surface area (Å²) >= 11 is 0. The maximum Gasteiger partial charge on any atom is 0.277 e. The molecule has 2 aliphatic heterocycles. The molecule has 0 aliphatic carbocycles. The zero-order chi connectivity index (χ0) is 18.0. The number of nitrogens with zero attached hydrogens (tertiary/aromatic N) is 3. The Balaban J connectivity index is 1.92. The molecule has 0 spiro atoms. The zero-order valence-corrected chi connectivity index (χ0v) is 14.6. The zero-order valence-electron chi connectivity index (χ0n) is 14.6. The molecular weight excluding hydrogens is 322 g/mol. The number of aliphatic hydroxyl groups excluding tert-OH is 1. The van der Waals surface area contributed by atoms with Crippen LogP contribution in [0.3, 0.4) is 0 Å². The molecule has 1 saturated heterocycles. The molecule has 2 amide bonds. The van der Waals surface area contributed by atoms with Gasteiger partial charge in [0.1, 0.15) is 11.4 Å². The summed E-state index contributed by atoms with van der Waals surface area (Å²) in [5.41, 5.74) is 1.64. The fourth-order valence-corrected chi connectivity index (χ4v) is 3.27. The first-order valence-electron chi connectivity index (χ1n) is 8.36. The monoisotopic (exact) mass is 345 g/mol. The molecule has 0 atom stereocenters. The van der Waals surface area contributed by atoms with Crippen LogP contribution in [0.4, 0.5) is 0 Å². The van der Waals surface area contributed by atoms with Crippen molar-refractivity contribution >= 4 is 17.4 Å². The number of amides is 2. The van der Waals surface area contributed by atoms with E-state index in [2.05, 4.69) is 4.90 Å². The largest absolute Gasteiger partial charge is 0.497 e. The summed E-state index contributed by atoms with van der Waals surface area (Å²) < 4.78 is 5.16. The van der Waals surface area contributed by atoms with Crippen molar-refractivity contribution in [1.82, 2.24) is 14.7 Å². The maximum atomic E-state index is 12.7. The van der Waals surface area contributed by atoms with Gasteiger partial charge in [0.25, 0.3) is 11.8 Å². The molecule has 0 aromatic heterocycles. The molecule has 0 radical (unpaired) electrons. The van der Waals surface area contributed by atoms with Gasteiger partial charge in [0, 0.05) is 39.8 Å². The predicted molar refractivity (Wildman–Crippen MR) is 92.8 cm³/mol. The van der Waals surface area contributed by atoms with Gasteiger partial charge in [0.2, 0.25) is 0 Å². The van der Waals surface area contributed by atoms with E-state index in [9.17, 15) is 9.59 Å². The number of methoxy groups -OCH3 is 1. The Morgan fingerprint density at radius 1 is 1.04 bits per heavy atom. The van der Waals surface area contributed by atoms with Crippen LogP contribution in [0.5, 0.6) is 5.75 Å². The van der Waals surface area contributed by atoms with Crippen LogP contribution in [0.1, 0.15) is 5.56 Å². The molecular formula is C18H23N3O4. The lowest BCUT2D eigenvalue weighted by Crippen LogP contribution is -2.48. The fraction of sp³-hybridized carbons (Fsp3) is 0.444. The van der Waals surface area contributed by atoms with Crippen LogP contribution in [-0.2, 0) is 9.59 Å². The quantitative estimate of drug-likeness (QED) is 0.758. The number of ether oxygens (including phenoxy) is 1. The summed E-state index contributed by atoms with van der Waals surface area (Å²) in [6.45, 7) is 3.57. The van der Waals surface area contributed by atoms with Crippen molar-refractivity contribution in [1.29, 1.82) is 0 Å². The average molecular weight is 345 g/mol. The van der Waals surface area contributed by atoms with E-state index < -0.39 is 0 Å². The van der Waals surface area contributed by atoms with Crippen LogP contribution in [0, 0.1) is 0 Å². The van der Waals surface area contributed by atoms with Crippen molar-refractivity contribution in [3.63, 3.8) is 0 Å². The molecule has 1 N–H and O–H groups in total. The highest BCUT2D eigenvalue weighted by atomic mass is 16.5. The number of aliphatic hydroxyl groups is 1. The number of rotatable bonds is 5. The van der Waals surface area contributed by atoms with Crippen LogP contribution in [0.15, 0.2) is 30.0 Å². The number of β-amino-alcohol motifs (C(OH)–C–C–N with tert-alkyl or cyclic N) is 1. The molecule has 0 bridgehead atoms. The molecule has 3 rings (SSSR count). The fourth-order valence-electron chi connectivity index (χ4n) is 3.27. The van der Waals surface area contributed by atoms with Crippen molar-refractivity contribution in [3.05, 3.63) is 35.5 Å². The molecule has 134 valence electrons. The number of carbonyl (C=O) groups excluding carboxylic acids is 2. The molecule has 0 unspecified atom stereocenters. The van der Waals surface area contributed by atoms with E-state index in [1.54, 1.807) is 31.4 Å². The molecule has 2 aliphatic rings. The third-order valence-corrected chi connectivity index (χ3v) is 4.75. The summed E-state index contributed by atoms with van der Waals surface area (Å²) in [6, 6.07) is 7.19. The number of hydrogen-bond donors (Lipinski definition) is 1. The molecule has 7 heteroatoms. The standard InChI is InChI=1S/C18H23N3O4/c1-19-17(23)15(13-3-5-14(25-2)6-4-13)16(18(19)24)21-9-7-20(8-10-21)11-12-22/h3-6,22H,7-12H2,1-2H3. The topological polar surface area (TPSA) is 73.3 Å². The smallest absolute Gasteiger partial charge is 0.277 e. The van der Waals surface area contributed by atoms with Gasteiger partial charge in [-0.1, -0.05) is 12.1 Å². The lowest BCUT2D eigenvalue weighted by Gasteiger charge is -2.36. The molecule has 1 aromatic carbocycles. The van der Waals surface area contributed by atoms with Gasteiger partial charge in [-0.2, -0.15) is 0 Å². The lowest BCUT2D eigenvalue weighted by molar-refractivity contribution is -0.136. The van der Waals surface area contributed by atoms with Gasteiger partial charge in [-0.05, 0) is 17.7 Å². The van der Waals surface area contributed by atoms with Crippen molar-refractivity contribution in [2.75, 3.05) is 53.5 Å². The Hall–Kier alpha value is -2.38. The maximum absolute atomic E-state index is 12.7. The Morgan fingerprint density at radius 2 is 1.68 bits per heavy atom. The van der Waals surface area contributed by atoms with Gasteiger partial charge in [-0.3, -0.25) is 19.4 Å². The van der Waals surface area contributed by atoms with Crippen molar-refractivity contribution in [2.24, 2.45) is 0 Å². The van der Waals surface area contributed by atoms with E-state index in [1.807, 2.05) is 4.90 Å². The van der Waals surface area contributed by atoms with E-state index >= 15 is 0 Å². The van der Waals surface area contributed by atoms with Gasteiger partial charge in [-0.15, -0.1) is 0 Å². The number of benzene rings is 1. The van der Waals surface area contributed by atoms with Gasteiger partial charge >= 0.3 is 0 Å². The number of carbonyl (C=O) groups is 2. The average Bonchev–Trinajstić information content (AvgIpc) is 2.87. The van der Waals surface area contributed by atoms with E-state index in [-0.39, 0.29) is 18.4 Å². The molecule has 2 heterocycles. The predicted octanol–water partition coefficient (Wildman–Crippen LogP) is 0.0148. The number of imide groups is 1. The SMILES string of the molecule is COc1ccc(C2=C(N3CCN(CCO)CC3)C(=O)N(C)C2=O)cc1. The highest BCUT2D eigenvalue weighted by Crippen LogP contribution is 2.32. The van der Waals surface area contributed by atoms with E-state index in [1.165, 1.54) is 11.9 Å². The van der Waals surface area contributed by atoms with E-state index in [0.717, 1.165) is 18.7 Å². The Labute approximate surface area is 147 Å². The van der Waals surface area contributed by atoms with Crippen LogP contribution in [-0.4, -0.2) is 85.1 Å². The summed E-state index contributed by atoms with van der Waals surface area (Å²) in [5, 5.41) is 9.06. The van der Waals surface area contributed by atoms with Gasteiger partial charge in [0.05, 0.1) is 19.3 Å². The number of likely N-dealkylation sites (N-methyl/N-ethyl adjacent to an activating group) is 1. The third-order valence-electron chi connectivity index (χ3n) is 4.75. The van der Waals surface area contributed by atoms with Crippen LogP contribution < -0.4 is 4.74 Å². The minimum atomic E-state index is -0.275. The number of hydrogen-bond acceptors (Lipinski definition) is 6. The van der Waals surface area contributed by atoms with Crippen LogP contribution >= 0.6 is 0 Å². The highest BCUT2D eigenvalue weighted by Gasteiger charge is 2.40. The normalized spacial score (nSPS) is 19.2. The third kappa shape index (κ3) is 3.25. The van der Waals surface area contributed by atoms with Crippen LogP contribution in [0.25, 0.3) is 5.57 Å². The second-order valence-electron chi connectivity index (χ2n) is 6.17. The van der Waals surface area contributed by atoms with Gasteiger partial charge < -0.3 is 14.7 Å². The van der Waals surface area contributed by atoms with Gasteiger partial charge in [-0.25, -0.2) is 0 Å². The highest BCUT2D eigenvalue weighted by molar-refractivity contribution is 6.35. The second kappa shape index (κ2) is 7.25.